The van der Waals surface area contributed by atoms with Crippen LogP contribution in [0.3, 0.4) is 0 Å². The van der Waals surface area contributed by atoms with Crippen LogP contribution in [0.5, 0.6) is 0 Å². The van der Waals surface area contributed by atoms with Crippen LogP contribution in [0.4, 0.5) is 0 Å². The zero-order valence-corrected chi connectivity index (χ0v) is 14.6. The minimum atomic E-state index is 0.127. The Morgan fingerprint density at radius 3 is 2.57 bits per heavy atom. The van der Waals surface area contributed by atoms with E-state index in [4.69, 9.17) is 11.6 Å². The van der Waals surface area contributed by atoms with E-state index in [-0.39, 0.29) is 5.54 Å². The lowest BCUT2D eigenvalue weighted by Gasteiger charge is -2.26. The molecule has 114 valence electrons. The number of hydrogen-bond acceptors (Lipinski definition) is 2. The van der Waals surface area contributed by atoms with Gasteiger partial charge in [-0.2, -0.15) is 11.3 Å². The fraction of sp³-hybridized carbons (Fsp3) is 0.444. The first-order chi connectivity index (χ1) is 9.96. The van der Waals surface area contributed by atoms with E-state index in [0.717, 1.165) is 24.4 Å². The molecular formula is C18H24ClNS. The van der Waals surface area contributed by atoms with E-state index in [9.17, 15) is 0 Å². The molecule has 0 saturated carbocycles. The smallest absolute Gasteiger partial charge is 0.0441 e. The summed E-state index contributed by atoms with van der Waals surface area (Å²) < 4.78 is 0. The molecule has 1 nitrogen and oxygen atoms in total. The van der Waals surface area contributed by atoms with Crippen LogP contribution in [-0.2, 0) is 6.42 Å². The number of benzene rings is 1. The minimum absolute atomic E-state index is 0.127. The number of nitrogens with one attached hydrogen (secondary N) is 1. The third-order valence-corrected chi connectivity index (χ3v) is 4.66. The Morgan fingerprint density at radius 1 is 1.19 bits per heavy atom. The number of hydrogen-bond donors (Lipinski definition) is 1. The topological polar surface area (TPSA) is 12.0 Å². The maximum atomic E-state index is 6.40. The molecule has 0 radical (unpaired) electrons. The fourth-order valence-corrected chi connectivity index (χ4v) is 3.37. The van der Waals surface area contributed by atoms with E-state index in [1.807, 2.05) is 12.1 Å². The molecule has 0 fully saturated rings. The van der Waals surface area contributed by atoms with Gasteiger partial charge in [0, 0.05) is 17.1 Å². The van der Waals surface area contributed by atoms with Gasteiger partial charge in [-0.1, -0.05) is 29.8 Å². The first kappa shape index (κ1) is 16.5. The highest BCUT2D eigenvalue weighted by Crippen LogP contribution is 2.28. The molecule has 1 aromatic heterocycles. The summed E-state index contributed by atoms with van der Waals surface area (Å²) in [6.45, 7) is 7.57. The number of rotatable bonds is 6. The third-order valence-electron chi connectivity index (χ3n) is 3.59. The summed E-state index contributed by atoms with van der Waals surface area (Å²) in [5, 5.41) is 8.88. The molecule has 2 aromatic rings. The molecule has 1 N–H and O–H groups in total. The second-order valence-electron chi connectivity index (χ2n) is 6.52. The molecule has 1 atom stereocenters. The van der Waals surface area contributed by atoms with Crippen molar-refractivity contribution >= 4 is 22.9 Å². The van der Waals surface area contributed by atoms with E-state index in [2.05, 4.69) is 55.0 Å². The van der Waals surface area contributed by atoms with Crippen LogP contribution in [0, 0.1) is 0 Å². The molecule has 1 heterocycles. The molecule has 0 spiro atoms. The SMILES string of the molecule is CC(C)(C)NCC(CCc1ccsc1)c1ccccc1Cl. The number of halogens is 1. The van der Waals surface area contributed by atoms with Crippen molar-refractivity contribution in [3.63, 3.8) is 0 Å². The zero-order chi connectivity index (χ0) is 15.3. The lowest BCUT2D eigenvalue weighted by atomic mass is 9.92. The van der Waals surface area contributed by atoms with E-state index >= 15 is 0 Å². The molecule has 0 aliphatic carbocycles. The highest BCUT2D eigenvalue weighted by Gasteiger charge is 2.18. The largest absolute Gasteiger partial charge is 0.311 e. The van der Waals surface area contributed by atoms with Crippen molar-refractivity contribution in [3.8, 4) is 0 Å². The minimum Gasteiger partial charge on any atom is -0.311 e. The van der Waals surface area contributed by atoms with E-state index < -0.39 is 0 Å². The number of aryl methyl sites for hydroxylation is 1. The predicted octanol–water partition coefficient (Wildman–Crippen LogP) is 5.51. The Bertz CT molecular complexity index is 543. The second kappa shape index (κ2) is 7.44. The average molecular weight is 322 g/mol. The Balaban J connectivity index is 2.08. The second-order valence-corrected chi connectivity index (χ2v) is 7.71. The van der Waals surface area contributed by atoms with Crippen molar-refractivity contribution in [2.24, 2.45) is 0 Å². The van der Waals surface area contributed by atoms with Crippen molar-refractivity contribution in [1.29, 1.82) is 0 Å². The van der Waals surface area contributed by atoms with Crippen molar-refractivity contribution in [2.75, 3.05) is 6.54 Å². The summed E-state index contributed by atoms with van der Waals surface area (Å²) in [5.74, 6) is 0.442. The van der Waals surface area contributed by atoms with Gasteiger partial charge in [0.15, 0.2) is 0 Å². The maximum absolute atomic E-state index is 6.40. The summed E-state index contributed by atoms with van der Waals surface area (Å²) in [4.78, 5) is 0. The summed E-state index contributed by atoms with van der Waals surface area (Å²) in [6, 6.07) is 10.4. The number of thiophene rings is 1. The first-order valence-electron chi connectivity index (χ1n) is 7.46. The summed E-state index contributed by atoms with van der Waals surface area (Å²) in [6.07, 6.45) is 2.22. The van der Waals surface area contributed by atoms with Crippen molar-refractivity contribution in [1.82, 2.24) is 5.32 Å². The third kappa shape index (κ3) is 5.46. The lowest BCUT2D eigenvalue weighted by molar-refractivity contribution is 0.399. The molecule has 0 bridgehead atoms. The van der Waals surface area contributed by atoms with Crippen molar-refractivity contribution in [3.05, 3.63) is 57.2 Å². The maximum Gasteiger partial charge on any atom is 0.0441 e. The van der Waals surface area contributed by atoms with Gasteiger partial charge in [0.05, 0.1) is 0 Å². The van der Waals surface area contributed by atoms with E-state index in [1.54, 1.807) is 11.3 Å². The van der Waals surface area contributed by atoms with Crippen LogP contribution in [0.25, 0.3) is 0 Å². The van der Waals surface area contributed by atoms with Crippen LogP contribution < -0.4 is 5.32 Å². The van der Waals surface area contributed by atoms with Gasteiger partial charge in [-0.3, -0.25) is 0 Å². The monoisotopic (exact) mass is 321 g/mol. The molecular weight excluding hydrogens is 298 g/mol. The van der Waals surface area contributed by atoms with Gasteiger partial charge in [-0.25, -0.2) is 0 Å². The molecule has 0 aliphatic heterocycles. The molecule has 0 amide bonds. The molecule has 21 heavy (non-hydrogen) atoms. The Labute approximate surface area is 137 Å². The van der Waals surface area contributed by atoms with Gasteiger partial charge in [0.1, 0.15) is 0 Å². The van der Waals surface area contributed by atoms with Gasteiger partial charge in [-0.15, -0.1) is 0 Å². The van der Waals surface area contributed by atoms with Gasteiger partial charge in [0.2, 0.25) is 0 Å². The Kier molecular flexibility index (Phi) is 5.86. The van der Waals surface area contributed by atoms with Gasteiger partial charge in [-0.05, 0) is 73.6 Å². The van der Waals surface area contributed by atoms with E-state index in [1.165, 1.54) is 11.1 Å². The molecule has 1 aromatic carbocycles. The van der Waals surface area contributed by atoms with Gasteiger partial charge >= 0.3 is 0 Å². The van der Waals surface area contributed by atoms with Crippen molar-refractivity contribution in [2.45, 2.75) is 45.1 Å². The van der Waals surface area contributed by atoms with Crippen LogP contribution in [0.2, 0.25) is 5.02 Å². The molecule has 0 saturated heterocycles. The van der Waals surface area contributed by atoms with Gasteiger partial charge < -0.3 is 5.32 Å². The van der Waals surface area contributed by atoms with E-state index in [0.29, 0.717) is 5.92 Å². The standard InChI is InChI=1S/C18H24ClNS/c1-18(2,3)20-12-15(9-8-14-10-11-21-13-14)16-6-4-5-7-17(16)19/h4-7,10-11,13,15,20H,8-9,12H2,1-3H3. The summed E-state index contributed by atoms with van der Waals surface area (Å²) in [5.41, 5.74) is 2.81. The quantitative estimate of drug-likeness (QED) is 0.740. The summed E-state index contributed by atoms with van der Waals surface area (Å²) in [7, 11) is 0. The Morgan fingerprint density at radius 2 is 1.95 bits per heavy atom. The molecule has 1 unspecified atom stereocenters. The van der Waals surface area contributed by atoms with Crippen LogP contribution in [0.15, 0.2) is 41.1 Å². The lowest BCUT2D eigenvalue weighted by Crippen LogP contribution is -2.38. The highest BCUT2D eigenvalue weighted by atomic mass is 35.5. The molecule has 3 heteroatoms. The average Bonchev–Trinajstić information content (AvgIpc) is 2.92. The molecule has 0 aliphatic rings. The normalized spacial score (nSPS) is 13.3. The fourth-order valence-electron chi connectivity index (χ4n) is 2.38. The summed E-state index contributed by atoms with van der Waals surface area (Å²) >= 11 is 8.17. The zero-order valence-electron chi connectivity index (χ0n) is 13.0. The molecule has 2 rings (SSSR count). The van der Waals surface area contributed by atoms with Crippen molar-refractivity contribution < 1.29 is 0 Å². The van der Waals surface area contributed by atoms with Crippen LogP contribution in [-0.4, -0.2) is 12.1 Å². The van der Waals surface area contributed by atoms with Gasteiger partial charge in [0.25, 0.3) is 0 Å². The first-order valence-corrected chi connectivity index (χ1v) is 8.78. The van der Waals surface area contributed by atoms with Crippen LogP contribution in [0.1, 0.15) is 44.2 Å². The predicted molar refractivity (Wildman–Crippen MR) is 94.6 cm³/mol. The highest BCUT2D eigenvalue weighted by molar-refractivity contribution is 7.07. The van der Waals surface area contributed by atoms with Crippen LogP contribution >= 0.6 is 22.9 Å². The Hall–Kier alpha value is -0.830.